The van der Waals surface area contributed by atoms with E-state index in [1.807, 2.05) is 19.1 Å². The van der Waals surface area contributed by atoms with Gasteiger partial charge in [-0.3, -0.25) is 10.1 Å². The third-order valence-corrected chi connectivity index (χ3v) is 4.81. The predicted molar refractivity (Wildman–Crippen MR) is 101 cm³/mol. The minimum Gasteiger partial charge on any atom is -0.357 e. The molecule has 1 N–H and O–H groups in total. The minimum absolute atomic E-state index is 0.0723. The molecule has 0 fully saturated rings. The van der Waals surface area contributed by atoms with Crippen molar-refractivity contribution in [3.05, 3.63) is 97.4 Å². The number of hydrogen-bond acceptors (Lipinski definition) is 4. The van der Waals surface area contributed by atoms with E-state index in [0.717, 1.165) is 16.8 Å². The maximum absolute atomic E-state index is 11.8. The highest BCUT2D eigenvalue weighted by Gasteiger charge is 2.38. The van der Waals surface area contributed by atoms with Crippen LogP contribution in [0.4, 0.5) is 0 Å². The lowest BCUT2D eigenvalue weighted by Crippen LogP contribution is -2.27. The average Bonchev–Trinajstić information content (AvgIpc) is 2.61. The largest absolute Gasteiger partial charge is 0.357 e. The predicted octanol–water partition coefficient (Wildman–Crippen LogP) is 4.84. The number of nitrogens with one attached hydrogen (secondary N) is 1. The van der Waals surface area contributed by atoms with E-state index in [1.165, 1.54) is 0 Å². The zero-order valence-corrected chi connectivity index (χ0v) is 15.0. The average molecular weight is 366 g/mol. The summed E-state index contributed by atoms with van der Waals surface area (Å²) in [6.45, 7) is 3.58. The van der Waals surface area contributed by atoms with Crippen molar-refractivity contribution in [3.63, 3.8) is 0 Å². The van der Waals surface area contributed by atoms with Gasteiger partial charge < -0.3 is 5.32 Å². The molecule has 26 heavy (non-hydrogen) atoms. The van der Waals surface area contributed by atoms with Crippen LogP contribution in [0.25, 0.3) is 5.57 Å². The molecular weight excluding hydrogens is 350 g/mol. The highest BCUT2D eigenvalue weighted by molar-refractivity contribution is 6.31. The molecular formula is C20H16ClN3O2. The van der Waals surface area contributed by atoms with Crippen LogP contribution in [0.3, 0.4) is 0 Å². The van der Waals surface area contributed by atoms with E-state index in [9.17, 15) is 10.1 Å². The first kappa shape index (κ1) is 17.7. The van der Waals surface area contributed by atoms with Gasteiger partial charge in [0.2, 0.25) is 0 Å². The Morgan fingerprint density at radius 2 is 1.77 bits per heavy atom. The summed E-state index contributed by atoms with van der Waals surface area (Å²) in [4.78, 5) is 11.5. The van der Waals surface area contributed by atoms with Crippen LogP contribution in [-0.2, 0) is 0 Å². The number of benzene rings is 2. The fraction of sp³-hybridized carbons (Fsp3) is 0.150. The molecule has 0 amide bonds. The summed E-state index contributed by atoms with van der Waals surface area (Å²) in [5, 5.41) is 24.5. The zero-order valence-electron chi connectivity index (χ0n) is 14.3. The van der Waals surface area contributed by atoms with E-state index < -0.39 is 5.92 Å². The third-order valence-electron chi connectivity index (χ3n) is 4.46. The third kappa shape index (κ3) is 3.07. The molecule has 3 rings (SSSR count). The fourth-order valence-corrected chi connectivity index (χ4v) is 3.59. The van der Waals surface area contributed by atoms with E-state index in [-0.39, 0.29) is 10.6 Å². The van der Waals surface area contributed by atoms with Crippen LogP contribution in [0, 0.1) is 21.4 Å². The van der Waals surface area contributed by atoms with Crippen molar-refractivity contribution in [2.24, 2.45) is 0 Å². The Labute approximate surface area is 156 Å². The molecule has 1 heterocycles. The lowest BCUT2D eigenvalue weighted by atomic mass is 9.80. The Morgan fingerprint density at radius 3 is 2.35 bits per heavy atom. The van der Waals surface area contributed by atoms with Gasteiger partial charge in [0.05, 0.1) is 22.3 Å². The Hall–Kier alpha value is -3.10. The molecule has 130 valence electrons. The molecule has 6 heteroatoms. The van der Waals surface area contributed by atoms with Crippen LogP contribution < -0.4 is 5.32 Å². The minimum atomic E-state index is -0.604. The number of dihydropyridines is 1. The van der Waals surface area contributed by atoms with Gasteiger partial charge in [0.25, 0.3) is 5.70 Å². The Bertz CT molecular complexity index is 985. The van der Waals surface area contributed by atoms with Crippen LogP contribution in [0.5, 0.6) is 0 Å². The second-order valence-corrected chi connectivity index (χ2v) is 6.48. The Balaban J connectivity index is 2.25. The quantitative estimate of drug-likeness (QED) is 0.623. The SMILES string of the molecule is CC1=C(c2ccc(C#N)cc2)C(c2ccccc2Cl)C([N+](=O)[O-])=C(C)N1. The number of nitriles is 1. The van der Waals surface area contributed by atoms with E-state index in [4.69, 9.17) is 16.9 Å². The van der Waals surface area contributed by atoms with Crippen LogP contribution in [-0.4, -0.2) is 4.92 Å². The van der Waals surface area contributed by atoms with E-state index in [2.05, 4.69) is 11.4 Å². The monoisotopic (exact) mass is 365 g/mol. The molecule has 0 spiro atoms. The van der Waals surface area contributed by atoms with Crippen molar-refractivity contribution in [3.8, 4) is 6.07 Å². The lowest BCUT2D eigenvalue weighted by molar-refractivity contribution is -0.430. The maximum atomic E-state index is 11.8. The summed E-state index contributed by atoms with van der Waals surface area (Å²) in [7, 11) is 0. The second kappa shape index (κ2) is 7.03. The summed E-state index contributed by atoms with van der Waals surface area (Å²) in [6.07, 6.45) is 0. The number of nitrogens with zero attached hydrogens (tertiary/aromatic N) is 2. The van der Waals surface area contributed by atoms with Crippen molar-refractivity contribution in [2.75, 3.05) is 0 Å². The molecule has 1 unspecified atom stereocenters. The number of allylic oxidation sites excluding steroid dienone is 3. The van der Waals surface area contributed by atoms with Gasteiger partial charge in [0.1, 0.15) is 5.92 Å². The molecule has 2 aromatic carbocycles. The smallest absolute Gasteiger partial charge is 0.276 e. The molecule has 0 radical (unpaired) electrons. The zero-order chi connectivity index (χ0) is 18.8. The Morgan fingerprint density at radius 1 is 1.12 bits per heavy atom. The fourth-order valence-electron chi connectivity index (χ4n) is 3.34. The summed E-state index contributed by atoms with van der Waals surface area (Å²) >= 11 is 6.39. The molecule has 2 aromatic rings. The van der Waals surface area contributed by atoms with Gasteiger partial charge in [-0.15, -0.1) is 0 Å². The van der Waals surface area contributed by atoms with Crippen LogP contribution in [0.2, 0.25) is 5.02 Å². The van der Waals surface area contributed by atoms with Crippen molar-refractivity contribution in [1.29, 1.82) is 5.26 Å². The number of nitro groups is 1. The molecule has 1 aliphatic heterocycles. The molecule has 5 nitrogen and oxygen atoms in total. The summed E-state index contributed by atoms with van der Waals surface area (Å²) in [5.74, 6) is -0.604. The van der Waals surface area contributed by atoms with Gasteiger partial charge in [-0.1, -0.05) is 41.9 Å². The van der Waals surface area contributed by atoms with Gasteiger partial charge in [0.15, 0.2) is 0 Å². The molecule has 0 aliphatic carbocycles. The van der Waals surface area contributed by atoms with E-state index in [1.54, 1.807) is 43.3 Å². The highest BCUT2D eigenvalue weighted by Crippen LogP contribution is 2.45. The van der Waals surface area contributed by atoms with Gasteiger partial charge >= 0.3 is 0 Å². The Kier molecular flexibility index (Phi) is 4.79. The standard InChI is InChI=1S/C20H16ClN3O2/c1-12-18(15-9-7-14(11-22)8-10-15)19(16-5-3-4-6-17(16)21)20(24(25)26)13(2)23-12/h3-10,19,23H,1-2H3. The first-order valence-corrected chi connectivity index (χ1v) is 8.39. The first-order chi connectivity index (χ1) is 12.4. The van der Waals surface area contributed by atoms with Crippen LogP contribution in [0.1, 0.15) is 36.5 Å². The normalized spacial score (nSPS) is 16.9. The summed E-state index contributed by atoms with van der Waals surface area (Å²) in [6, 6.07) is 16.3. The molecule has 0 saturated heterocycles. The summed E-state index contributed by atoms with van der Waals surface area (Å²) < 4.78 is 0. The molecule has 1 aliphatic rings. The van der Waals surface area contributed by atoms with E-state index in [0.29, 0.717) is 21.8 Å². The van der Waals surface area contributed by atoms with Gasteiger partial charge in [0, 0.05) is 10.7 Å². The topological polar surface area (TPSA) is 79.0 Å². The van der Waals surface area contributed by atoms with Crippen LogP contribution in [0.15, 0.2) is 65.6 Å². The van der Waals surface area contributed by atoms with Gasteiger partial charge in [-0.2, -0.15) is 5.26 Å². The summed E-state index contributed by atoms with van der Waals surface area (Å²) in [5.41, 5.74) is 4.19. The maximum Gasteiger partial charge on any atom is 0.276 e. The number of halogens is 1. The molecule has 0 saturated carbocycles. The van der Waals surface area contributed by atoms with Crippen molar-refractivity contribution >= 4 is 17.2 Å². The highest BCUT2D eigenvalue weighted by atomic mass is 35.5. The van der Waals surface area contributed by atoms with Crippen LogP contribution >= 0.6 is 11.6 Å². The molecule has 0 bridgehead atoms. The van der Waals surface area contributed by atoms with Gasteiger partial charge in [-0.25, -0.2) is 0 Å². The first-order valence-electron chi connectivity index (χ1n) is 8.02. The second-order valence-electron chi connectivity index (χ2n) is 6.07. The molecule has 1 atom stereocenters. The van der Waals surface area contributed by atoms with Crippen molar-refractivity contribution in [1.82, 2.24) is 5.32 Å². The lowest BCUT2D eigenvalue weighted by Gasteiger charge is -2.28. The van der Waals surface area contributed by atoms with Gasteiger partial charge in [-0.05, 0) is 48.7 Å². The number of rotatable bonds is 3. The van der Waals surface area contributed by atoms with E-state index >= 15 is 0 Å². The van der Waals surface area contributed by atoms with Crippen molar-refractivity contribution < 1.29 is 4.92 Å². The molecule has 0 aromatic heterocycles. The van der Waals surface area contributed by atoms with Crippen molar-refractivity contribution in [2.45, 2.75) is 19.8 Å². The number of hydrogen-bond donors (Lipinski definition) is 1.